The van der Waals surface area contributed by atoms with Crippen LogP contribution in [0.5, 0.6) is 0 Å². The Labute approximate surface area is 224 Å². The fraction of sp³-hybridized carbons (Fsp3) is 0.167. The molecule has 4 nitrogen and oxygen atoms in total. The minimum Gasteiger partial charge on any atom is -0.326 e. The van der Waals surface area contributed by atoms with Gasteiger partial charge in [0.25, 0.3) is 5.91 Å². The summed E-state index contributed by atoms with van der Waals surface area (Å²) in [5, 5.41) is 5.80. The Hall–Kier alpha value is -2.09. The van der Waals surface area contributed by atoms with Gasteiger partial charge in [0.2, 0.25) is 5.91 Å². The maximum Gasteiger partial charge on any atom is 0.257 e. The first-order valence-corrected chi connectivity index (χ1v) is 11.9. The van der Waals surface area contributed by atoms with E-state index < -0.39 is 39.1 Å². The van der Waals surface area contributed by atoms with Crippen molar-refractivity contribution in [3.63, 3.8) is 0 Å². The van der Waals surface area contributed by atoms with E-state index in [1.54, 1.807) is 25.1 Å². The Bertz CT molecular complexity index is 1350. The fourth-order valence-corrected chi connectivity index (χ4v) is 5.63. The number of nitrogens with one attached hydrogen (secondary N) is 2. The van der Waals surface area contributed by atoms with Crippen LogP contribution in [-0.4, -0.2) is 16.1 Å². The number of benzene rings is 3. The Morgan fingerprint density at radius 2 is 1.54 bits per heavy atom. The third-order valence-electron chi connectivity index (χ3n) is 5.93. The van der Waals surface area contributed by atoms with Crippen LogP contribution in [0, 0.1) is 17.6 Å². The molecule has 3 aromatic rings. The molecule has 182 valence electrons. The van der Waals surface area contributed by atoms with Crippen molar-refractivity contribution in [2.45, 2.75) is 16.7 Å². The van der Waals surface area contributed by atoms with Crippen molar-refractivity contribution in [3.8, 4) is 0 Å². The average Bonchev–Trinajstić information content (AvgIpc) is 3.23. The number of amides is 2. The van der Waals surface area contributed by atoms with Crippen molar-refractivity contribution in [1.82, 2.24) is 0 Å². The van der Waals surface area contributed by atoms with Gasteiger partial charge >= 0.3 is 0 Å². The smallest absolute Gasteiger partial charge is 0.257 e. The normalized spacial score (nSPS) is 20.3. The van der Waals surface area contributed by atoms with Gasteiger partial charge in [-0.15, -0.1) is 0 Å². The third kappa shape index (κ3) is 4.83. The summed E-state index contributed by atoms with van der Waals surface area (Å²) < 4.78 is 25.6. The van der Waals surface area contributed by atoms with E-state index in [2.05, 4.69) is 10.6 Å². The molecule has 0 heterocycles. The molecule has 3 aromatic carbocycles. The zero-order chi connectivity index (χ0) is 25.7. The number of rotatable bonds is 5. The van der Waals surface area contributed by atoms with E-state index in [9.17, 15) is 18.4 Å². The topological polar surface area (TPSA) is 58.2 Å². The molecule has 0 radical (unpaired) electrons. The van der Waals surface area contributed by atoms with Gasteiger partial charge in [-0.05, 0) is 54.1 Å². The van der Waals surface area contributed by atoms with E-state index >= 15 is 0 Å². The first-order valence-electron chi connectivity index (χ1n) is 10.1. The molecule has 35 heavy (non-hydrogen) atoms. The highest BCUT2D eigenvalue weighted by Crippen LogP contribution is 2.70. The molecule has 0 saturated heterocycles. The van der Waals surface area contributed by atoms with Crippen LogP contribution >= 0.6 is 58.0 Å². The maximum atomic E-state index is 13.9. The Morgan fingerprint density at radius 3 is 2.17 bits per heavy atom. The second kappa shape index (κ2) is 9.41. The number of halogens is 7. The third-order valence-corrected chi connectivity index (χ3v) is 7.92. The van der Waals surface area contributed by atoms with E-state index in [0.717, 1.165) is 12.1 Å². The summed E-state index contributed by atoms with van der Waals surface area (Å²) >= 11 is 31.4. The molecule has 0 bridgehead atoms. The molecule has 1 fully saturated rings. The van der Waals surface area contributed by atoms with Gasteiger partial charge in [0, 0.05) is 27.2 Å². The summed E-state index contributed by atoms with van der Waals surface area (Å²) in [5.74, 6) is -3.87. The highest BCUT2D eigenvalue weighted by Gasteiger charge is 2.77. The van der Waals surface area contributed by atoms with Crippen molar-refractivity contribution in [1.29, 1.82) is 0 Å². The summed E-state index contributed by atoms with van der Waals surface area (Å²) in [5.41, 5.74) is -0.438. The van der Waals surface area contributed by atoms with Crippen molar-refractivity contribution < 1.29 is 18.4 Å². The lowest BCUT2D eigenvalue weighted by atomic mass is 9.95. The van der Waals surface area contributed by atoms with E-state index in [0.29, 0.717) is 21.7 Å². The van der Waals surface area contributed by atoms with Crippen molar-refractivity contribution in [2.75, 3.05) is 10.6 Å². The van der Waals surface area contributed by atoms with E-state index in [4.69, 9.17) is 58.0 Å². The molecule has 1 saturated carbocycles. The van der Waals surface area contributed by atoms with Crippen molar-refractivity contribution in [2.24, 2.45) is 5.92 Å². The molecule has 1 aliphatic carbocycles. The molecule has 2 amide bonds. The van der Waals surface area contributed by atoms with Gasteiger partial charge in [0.1, 0.15) is 16.0 Å². The maximum absolute atomic E-state index is 13.9. The number of alkyl halides is 2. The summed E-state index contributed by atoms with van der Waals surface area (Å²) in [7, 11) is 0. The van der Waals surface area contributed by atoms with Gasteiger partial charge in [-0.25, -0.2) is 8.78 Å². The molecule has 4 rings (SSSR count). The van der Waals surface area contributed by atoms with Crippen LogP contribution in [-0.2, 0) is 10.2 Å². The second-order valence-corrected chi connectivity index (χ2v) is 10.8. The Balaban J connectivity index is 1.55. The average molecular weight is 579 g/mol. The number of hydrogen-bond donors (Lipinski definition) is 2. The van der Waals surface area contributed by atoms with Gasteiger partial charge in [-0.1, -0.05) is 64.9 Å². The largest absolute Gasteiger partial charge is 0.326 e. The number of anilines is 2. The molecule has 11 heteroatoms. The summed E-state index contributed by atoms with van der Waals surface area (Å²) in [6, 6.07) is 11.7. The number of carbonyl (C=O) groups is 2. The van der Waals surface area contributed by atoms with Crippen LogP contribution in [0.15, 0.2) is 54.6 Å². The van der Waals surface area contributed by atoms with Crippen LogP contribution in [0.25, 0.3) is 0 Å². The molecular formula is C24H15Cl5F2N2O2. The SMILES string of the molecule is CC1(c2cc(Cl)cc(Cl)c2)C(C(=O)Nc2ccc(Cl)c(C(=O)Nc3ccc(F)cc3F)c2)C1(Cl)Cl. The summed E-state index contributed by atoms with van der Waals surface area (Å²) in [6.07, 6.45) is 0. The van der Waals surface area contributed by atoms with Crippen LogP contribution in [0.3, 0.4) is 0 Å². The highest BCUT2D eigenvalue weighted by atomic mass is 35.5. The lowest BCUT2D eigenvalue weighted by molar-refractivity contribution is -0.117. The van der Waals surface area contributed by atoms with Crippen LogP contribution in [0.2, 0.25) is 15.1 Å². The van der Waals surface area contributed by atoms with Gasteiger partial charge < -0.3 is 10.6 Å². The quantitative estimate of drug-likeness (QED) is 0.303. The number of carbonyl (C=O) groups excluding carboxylic acids is 2. The molecule has 0 spiro atoms. The predicted molar refractivity (Wildman–Crippen MR) is 136 cm³/mol. The minimum absolute atomic E-state index is 0.0450. The molecule has 2 unspecified atom stereocenters. The first-order chi connectivity index (χ1) is 16.3. The Morgan fingerprint density at radius 1 is 0.886 bits per heavy atom. The summed E-state index contributed by atoms with van der Waals surface area (Å²) in [4.78, 5) is 25.8. The molecule has 2 N–H and O–H groups in total. The van der Waals surface area contributed by atoms with E-state index in [-0.39, 0.29) is 22.0 Å². The van der Waals surface area contributed by atoms with Crippen LogP contribution in [0.4, 0.5) is 20.2 Å². The van der Waals surface area contributed by atoms with Gasteiger partial charge in [-0.3, -0.25) is 9.59 Å². The molecule has 0 aliphatic heterocycles. The van der Waals surface area contributed by atoms with Crippen molar-refractivity contribution >= 4 is 81.2 Å². The Kier molecular flexibility index (Phi) is 6.99. The van der Waals surface area contributed by atoms with Crippen LogP contribution < -0.4 is 10.6 Å². The van der Waals surface area contributed by atoms with Gasteiger partial charge in [0.15, 0.2) is 0 Å². The van der Waals surface area contributed by atoms with Gasteiger partial charge in [0.05, 0.1) is 22.2 Å². The molecule has 1 aliphatic rings. The lowest BCUT2D eigenvalue weighted by Gasteiger charge is -2.14. The zero-order valence-corrected chi connectivity index (χ0v) is 21.5. The zero-order valence-electron chi connectivity index (χ0n) is 17.7. The second-order valence-electron chi connectivity index (χ2n) is 8.18. The van der Waals surface area contributed by atoms with E-state index in [1.807, 2.05) is 0 Å². The number of hydrogen-bond acceptors (Lipinski definition) is 2. The molecule has 0 aromatic heterocycles. The monoisotopic (exact) mass is 576 g/mol. The highest BCUT2D eigenvalue weighted by molar-refractivity contribution is 6.54. The van der Waals surface area contributed by atoms with Gasteiger partial charge in [-0.2, -0.15) is 0 Å². The summed E-state index contributed by atoms with van der Waals surface area (Å²) in [6.45, 7) is 1.72. The standard InChI is InChI=1S/C24H15Cl5F2N2O2/c1-23(11-6-12(25)8-13(26)7-11)20(24(23,28)29)22(35)32-15-3-4-17(27)16(10-15)21(34)33-19-5-2-14(30)9-18(19)31/h2-10,20H,1H3,(H,32,35)(H,33,34). The lowest BCUT2D eigenvalue weighted by Crippen LogP contribution is -2.20. The first kappa shape index (κ1) is 26.0. The van der Waals surface area contributed by atoms with E-state index in [1.165, 1.54) is 18.2 Å². The molecular weight excluding hydrogens is 564 g/mol. The fourth-order valence-electron chi connectivity index (χ4n) is 3.94. The van der Waals surface area contributed by atoms with Crippen molar-refractivity contribution in [3.05, 3.63) is 92.4 Å². The predicted octanol–water partition coefficient (Wildman–Crippen LogP) is 7.88. The minimum atomic E-state index is -1.45. The molecule has 2 atom stereocenters. The van der Waals surface area contributed by atoms with Crippen LogP contribution in [0.1, 0.15) is 22.8 Å².